The van der Waals surface area contributed by atoms with Crippen molar-refractivity contribution in [1.29, 1.82) is 0 Å². The predicted molar refractivity (Wildman–Crippen MR) is 56.6 cm³/mol. The summed E-state index contributed by atoms with van der Waals surface area (Å²) in [6, 6.07) is 0. The topological polar surface area (TPSA) is 26.3 Å². The molecular formula is C12H17O2. The highest BCUT2D eigenvalue weighted by atomic mass is 16.6. The lowest BCUT2D eigenvalue weighted by Gasteiger charge is -2.22. The predicted octanol–water partition coefficient (Wildman–Crippen LogP) is 2.81. The minimum absolute atomic E-state index is 0.230. The minimum Gasteiger partial charge on any atom is -0.457 e. The molecule has 1 rings (SSSR count). The average molecular weight is 193 g/mol. The molecule has 0 heterocycles. The Bertz CT molecular complexity index is 290. The van der Waals surface area contributed by atoms with E-state index in [1.54, 1.807) is 0 Å². The Kier molecular flexibility index (Phi) is 3.14. The Morgan fingerprint density at radius 3 is 2.43 bits per heavy atom. The van der Waals surface area contributed by atoms with Gasteiger partial charge in [-0.25, -0.2) is 4.79 Å². The normalized spacial score (nSPS) is 17.1. The lowest BCUT2D eigenvalue weighted by molar-refractivity contribution is -0.150. The highest BCUT2D eigenvalue weighted by Gasteiger charge is 2.21. The molecule has 0 unspecified atom stereocenters. The van der Waals surface area contributed by atoms with Gasteiger partial charge >= 0.3 is 5.97 Å². The van der Waals surface area contributed by atoms with E-state index in [1.165, 1.54) is 0 Å². The van der Waals surface area contributed by atoms with Gasteiger partial charge in [0.1, 0.15) is 5.60 Å². The van der Waals surface area contributed by atoms with Crippen LogP contribution in [0.1, 0.15) is 33.6 Å². The zero-order valence-corrected chi connectivity index (χ0v) is 9.09. The first-order valence-electron chi connectivity index (χ1n) is 4.82. The van der Waals surface area contributed by atoms with Crippen molar-refractivity contribution in [3.63, 3.8) is 0 Å². The molecule has 0 amide bonds. The van der Waals surface area contributed by atoms with Crippen molar-refractivity contribution < 1.29 is 9.53 Å². The van der Waals surface area contributed by atoms with Gasteiger partial charge in [0.2, 0.25) is 0 Å². The Morgan fingerprint density at radius 1 is 1.36 bits per heavy atom. The Balaban J connectivity index is 2.70. The molecule has 0 atom stereocenters. The second-order valence-electron chi connectivity index (χ2n) is 4.46. The number of allylic oxidation sites excluding steroid dienone is 3. The molecule has 0 aromatic carbocycles. The fourth-order valence-electron chi connectivity index (χ4n) is 1.26. The van der Waals surface area contributed by atoms with Gasteiger partial charge in [-0.3, -0.25) is 0 Å². The Hall–Kier alpha value is -1.05. The van der Waals surface area contributed by atoms with Crippen LogP contribution in [0, 0.1) is 6.92 Å². The van der Waals surface area contributed by atoms with Crippen molar-refractivity contribution in [2.45, 2.75) is 39.2 Å². The van der Waals surface area contributed by atoms with Gasteiger partial charge in [0, 0.05) is 5.57 Å². The summed E-state index contributed by atoms with van der Waals surface area (Å²) in [7, 11) is 0. The van der Waals surface area contributed by atoms with Crippen LogP contribution in [-0.4, -0.2) is 11.6 Å². The van der Waals surface area contributed by atoms with Crippen molar-refractivity contribution in [1.82, 2.24) is 0 Å². The molecule has 0 saturated heterocycles. The number of esters is 1. The largest absolute Gasteiger partial charge is 0.457 e. The van der Waals surface area contributed by atoms with E-state index in [1.807, 2.05) is 32.9 Å². The van der Waals surface area contributed by atoms with Crippen molar-refractivity contribution >= 4 is 5.97 Å². The van der Waals surface area contributed by atoms with Crippen molar-refractivity contribution in [3.05, 3.63) is 30.2 Å². The van der Waals surface area contributed by atoms with Crippen molar-refractivity contribution in [2.24, 2.45) is 0 Å². The Labute approximate surface area is 85.6 Å². The third-order valence-electron chi connectivity index (χ3n) is 1.92. The van der Waals surface area contributed by atoms with E-state index in [-0.39, 0.29) is 5.97 Å². The molecule has 14 heavy (non-hydrogen) atoms. The molecule has 1 aliphatic rings. The van der Waals surface area contributed by atoms with Crippen LogP contribution < -0.4 is 0 Å². The zero-order chi connectivity index (χ0) is 10.8. The van der Waals surface area contributed by atoms with Gasteiger partial charge < -0.3 is 4.74 Å². The molecular weight excluding hydrogens is 176 g/mol. The number of carbonyl (C=O) groups excluding carboxylic acids is 1. The molecule has 1 radical (unpaired) electrons. The number of carbonyl (C=O) groups is 1. The maximum Gasteiger partial charge on any atom is 0.334 e. The maximum atomic E-state index is 11.7. The molecule has 0 aromatic rings. The summed E-state index contributed by atoms with van der Waals surface area (Å²) in [4.78, 5) is 11.7. The van der Waals surface area contributed by atoms with Crippen molar-refractivity contribution in [2.75, 3.05) is 0 Å². The molecule has 0 aliphatic heterocycles. The van der Waals surface area contributed by atoms with Gasteiger partial charge in [0.05, 0.1) is 0 Å². The minimum atomic E-state index is -0.425. The summed E-state index contributed by atoms with van der Waals surface area (Å²) in [6.45, 7) is 9.46. The van der Waals surface area contributed by atoms with Gasteiger partial charge in [-0.15, -0.1) is 0 Å². The van der Waals surface area contributed by atoms with E-state index in [0.29, 0.717) is 12.0 Å². The molecule has 2 nitrogen and oxygen atoms in total. The SMILES string of the molecule is [CH2]C1=C(C(=O)OC(C)(C)C)CC=CC1. The van der Waals surface area contributed by atoms with E-state index in [0.717, 1.165) is 12.0 Å². The van der Waals surface area contributed by atoms with Gasteiger partial charge in [0.15, 0.2) is 0 Å². The first-order valence-corrected chi connectivity index (χ1v) is 4.82. The van der Waals surface area contributed by atoms with Crippen LogP contribution >= 0.6 is 0 Å². The molecule has 0 fully saturated rings. The molecule has 0 saturated carbocycles. The lowest BCUT2D eigenvalue weighted by Crippen LogP contribution is -2.25. The first kappa shape index (κ1) is 11.0. The fraction of sp³-hybridized carbons (Fsp3) is 0.500. The quantitative estimate of drug-likeness (QED) is 0.473. The summed E-state index contributed by atoms with van der Waals surface area (Å²) in [6.07, 6.45) is 5.41. The first-order chi connectivity index (χ1) is 6.40. The van der Waals surface area contributed by atoms with Gasteiger partial charge in [0.25, 0.3) is 0 Å². The van der Waals surface area contributed by atoms with Gasteiger partial charge in [-0.05, 0) is 40.5 Å². The maximum absolute atomic E-state index is 11.7. The second-order valence-corrected chi connectivity index (χ2v) is 4.46. The molecule has 2 heteroatoms. The van der Waals surface area contributed by atoms with Crippen LogP contribution in [0.3, 0.4) is 0 Å². The molecule has 0 N–H and O–H groups in total. The monoisotopic (exact) mass is 193 g/mol. The summed E-state index contributed by atoms with van der Waals surface area (Å²) in [5.41, 5.74) is 1.16. The van der Waals surface area contributed by atoms with Crippen LogP contribution in [0.25, 0.3) is 0 Å². The second kappa shape index (κ2) is 3.99. The number of hydrogen-bond donors (Lipinski definition) is 0. The lowest BCUT2D eigenvalue weighted by atomic mass is 9.98. The van der Waals surface area contributed by atoms with Crippen molar-refractivity contribution in [3.8, 4) is 0 Å². The molecule has 0 bridgehead atoms. The highest BCUT2D eigenvalue weighted by molar-refractivity contribution is 5.90. The van der Waals surface area contributed by atoms with E-state index >= 15 is 0 Å². The van der Waals surface area contributed by atoms with Crippen LogP contribution in [-0.2, 0) is 9.53 Å². The summed E-state index contributed by atoms with van der Waals surface area (Å²) in [5, 5.41) is 0. The number of hydrogen-bond acceptors (Lipinski definition) is 2. The van der Waals surface area contributed by atoms with Gasteiger partial charge in [-0.1, -0.05) is 17.7 Å². The standard InChI is InChI=1S/C12H17O2/c1-9-7-5-6-8-10(9)11(13)14-12(2,3)4/h5-6H,1,7-8H2,2-4H3. The van der Waals surface area contributed by atoms with E-state index in [4.69, 9.17) is 4.74 Å². The molecule has 77 valence electrons. The third kappa shape index (κ3) is 3.02. The summed E-state index contributed by atoms with van der Waals surface area (Å²) >= 11 is 0. The average Bonchev–Trinajstić information content (AvgIpc) is 2.01. The number of ether oxygens (including phenoxy) is 1. The Morgan fingerprint density at radius 2 is 1.93 bits per heavy atom. The number of rotatable bonds is 1. The molecule has 1 aliphatic carbocycles. The van der Waals surface area contributed by atoms with Crippen LogP contribution in [0.5, 0.6) is 0 Å². The molecule has 0 spiro atoms. The fourth-order valence-corrected chi connectivity index (χ4v) is 1.26. The highest BCUT2D eigenvalue weighted by Crippen LogP contribution is 2.21. The smallest absolute Gasteiger partial charge is 0.334 e. The van der Waals surface area contributed by atoms with Crippen LogP contribution in [0.2, 0.25) is 0 Å². The summed E-state index contributed by atoms with van der Waals surface area (Å²) < 4.78 is 5.28. The molecule has 0 aromatic heterocycles. The summed E-state index contributed by atoms with van der Waals surface area (Å²) in [5.74, 6) is -0.230. The van der Waals surface area contributed by atoms with Crippen LogP contribution in [0.15, 0.2) is 23.3 Å². The van der Waals surface area contributed by atoms with E-state index < -0.39 is 5.60 Å². The van der Waals surface area contributed by atoms with Gasteiger partial charge in [-0.2, -0.15) is 0 Å². The van der Waals surface area contributed by atoms with E-state index in [2.05, 4.69) is 6.92 Å². The zero-order valence-electron chi connectivity index (χ0n) is 9.09. The third-order valence-corrected chi connectivity index (χ3v) is 1.92. The van der Waals surface area contributed by atoms with Crippen LogP contribution in [0.4, 0.5) is 0 Å². The van der Waals surface area contributed by atoms with E-state index in [9.17, 15) is 4.79 Å².